The minimum absolute atomic E-state index is 0.0193. The standard InChI is InChI=1S/C27H27ClN4O2/c1-18(33)29-14-15-32(2)17-19-8-11-22(12-9-19)30-26(20-6-4-3-5-7-20)25-23-13-10-21(28)16-24(23)31-27(25)34/h3-13,16,31,34H,14-15,17H2,1-2H3,(H,29,33). The van der Waals surface area contributed by atoms with Crippen molar-refractivity contribution in [2.45, 2.75) is 13.5 Å². The van der Waals surface area contributed by atoms with Crippen molar-refractivity contribution < 1.29 is 9.90 Å². The van der Waals surface area contributed by atoms with Crippen molar-refractivity contribution in [2.75, 3.05) is 20.1 Å². The summed E-state index contributed by atoms with van der Waals surface area (Å²) in [6.07, 6.45) is 0. The van der Waals surface area contributed by atoms with E-state index in [1.807, 2.05) is 67.7 Å². The van der Waals surface area contributed by atoms with Crippen LogP contribution < -0.4 is 5.32 Å². The predicted molar refractivity (Wildman–Crippen MR) is 138 cm³/mol. The SMILES string of the molecule is CC(=O)NCCN(C)Cc1ccc(N=C(c2ccccc2)c2c(O)[nH]c3cc(Cl)ccc23)cc1. The van der Waals surface area contributed by atoms with Crippen molar-refractivity contribution >= 4 is 39.8 Å². The Morgan fingerprint density at radius 1 is 1.09 bits per heavy atom. The number of hydrogen-bond acceptors (Lipinski definition) is 4. The van der Waals surface area contributed by atoms with Crippen LogP contribution >= 0.6 is 11.6 Å². The maximum absolute atomic E-state index is 11.0. The molecule has 7 heteroatoms. The van der Waals surface area contributed by atoms with Gasteiger partial charge in [-0.2, -0.15) is 0 Å². The lowest BCUT2D eigenvalue weighted by molar-refractivity contribution is -0.119. The smallest absolute Gasteiger partial charge is 0.216 e. The third-order valence-electron chi connectivity index (χ3n) is 5.52. The zero-order chi connectivity index (χ0) is 24.1. The van der Waals surface area contributed by atoms with Gasteiger partial charge in [0.1, 0.15) is 0 Å². The Labute approximate surface area is 203 Å². The largest absolute Gasteiger partial charge is 0.494 e. The molecule has 4 rings (SSSR count). The minimum Gasteiger partial charge on any atom is -0.494 e. The molecule has 0 saturated carbocycles. The van der Waals surface area contributed by atoms with E-state index in [4.69, 9.17) is 16.6 Å². The molecule has 4 aromatic rings. The maximum atomic E-state index is 11.0. The molecular formula is C27H27ClN4O2. The van der Waals surface area contributed by atoms with Gasteiger partial charge >= 0.3 is 0 Å². The van der Waals surface area contributed by atoms with Crippen LogP contribution in [0.4, 0.5) is 5.69 Å². The van der Waals surface area contributed by atoms with E-state index in [1.54, 1.807) is 12.1 Å². The monoisotopic (exact) mass is 474 g/mol. The molecule has 1 heterocycles. The van der Waals surface area contributed by atoms with E-state index in [9.17, 15) is 9.90 Å². The van der Waals surface area contributed by atoms with Crippen LogP contribution in [0, 0.1) is 0 Å². The summed E-state index contributed by atoms with van der Waals surface area (Å²) >= 11 is 6.15. The number of hydrogen-bond donors (Lipinski definition) is 3. The number of nitrogens with zero attached hydrogens (tertiary/aromatic N) is 2. The molecule has 0 spiro atoms. The molecule has 0 aliphatic carbocycles. The molecule has 3 N–H and O–H groups in total. The first kappa shape index (κ1) is 23.5. The van der Waals surface area contributed by atoms with Gasteiger partial charge in [-0.15, -0.1) is 0 Å². The van der Waals surface area contributed by atoms with E-state index < -0.39 is 0 Å². The second kappa shape index (κ2) is 10.5. The lowest BCUT2D eigenvalue weighted by atomic mass is 10.0. The Bertz CT molecular complexity index is 1310. The highest BCUT2D eigenvalue weighted by Gasteiger charge is 2.18. The van der Waals surface area contributed by atoms with Gasteiger partial charge in [0, 0.05) is 42.5 Å². The van der Waals surface area contributed by atoms with Crippen LogP contribution in [0.25, 0.3) is 10.9 Å². The van der Waals surface area contributed by atoms with Crippen molar-refractivity contribution in [3.8, 4) is 5.88 Å². The van der Waals surface area contributed by atoms with E-state index >= 15 is 0 Å². The fraction of sp³-hybridized carbons (Fsp3) is 0.185. The summed E-state index contributed by atoms with van der Waals surface area (Å²) in [4.78, 5) is 21.1. The first-order valence-electron chi connectivity index (χ1n) is 11.1. The third-order valence-corrected chi connectivity index (χ3v) is 5.76. The van der Waals surface area contributed by atoms with E-state index in [2.05, 4.69) is 15.2 Å². The number of benzene rings is 3. The van der Waals surface area contributed by atoms with E-state index in [0.717, 1.165) is 40.8 Å². The van der Waals surface area contributed by atoms with Gasteiger partial charge in [-0.1, -0.05) is 60.1 Å². The number of fused-ring (bicyclic) bond motifs is 1. The fourth-order valence-electron chi connectivity index (χ4n) is 3.87. The molecule has 34 heavy (non-hydrogen) atoms. The highest BCUT2D eigenvalue weighted by Crippen LogP contribution is 2.32. The summed E-state index contributed by atoms with van der Waals surface area (Å²) in [5.74, 6) is 0.0338. The molecule has 174 valence electrons. The Hall–Kier alpha value is -3.61. The van der Waals surface area contributed by atoms with Crippen LogP contribution in [0.1, 0.15) is 23.6 Å². The highest BCUT2D eigenvalue weighted by molar-refractivity contribution is 6.31. The van der Waals surface area contributed by atoms with Gasteiger partial charge in [-0.25, -0.2) is 4.99 Å². The molecule has 0 aliphatic rings. The number of aliphatic imine (C=N–C) groups is 1. The normalized spacial score (nSPS) is 11.8. The number of amides is 1. The number of likely N-dealkylation sites (N-methyl/N-ethyl adjacent to an activating group) is 1. The third kappa shape index (κ3) is 5.65. The number of nitrogens with one attached hydrogen (secondary N) is 2. The summed E-state index contributed by atoms with van der Waals surface area (Å²) < 4.78 is 0. The first-order valence-corrected chi connectivity index (χ1v) is 11.4. The minimum atomic E-state index is -0.0193. The number of H-pyrrole nitrogens is 1. The lowest BCUT2D eigenvalue weighted by Crippen LogP contribution is -2.31. The topological polar surface area (TPSA) is 80.7 Å². The Balaban J connectivity index is 1.64. The highest BCUT2D eigenvalue weighted by atomic mass is 35.5. The molecule has 0 atom stereocenters. The molecule has 0 bridgehead atoms. The van der Waals surface area contributed by atoms with Gasteiger partial charge in [0.05, 0.1) is 22.5 Å². The van der Waals surface area contributed by atoms with Crippen molar-refractivity contribution in [3.63, 3.8) is 0 Å². The molecular weight excluding hydrogens is 448 g/mol. The van der Waals surface area contributed by atoms with E-state index in [1.165, 1.54) is 6.92 Å². The van der Waals surface area contributed by atoms with Gasteiger partial charge in [0.2, 0.25) is 5.91 Å². The van der Waals surface area contributed by atoms with Crippen LogP contribution in [0.5, 0.6) is 5.88 Å². The zero-order valence-corrected chi connectivity index (χ0v) is 19.9. The molecule has 0 saturated heterocycles. The van der Waals surface area contributed by atoms with Crippen molar-refractivity contribution in [2.24, 2.45) is 4.99 Å². The lowest BCUT2D eigenvalue weighted by Gasteiger charge is -2.16. The Kier molecular flexibility index (Phi) is 7.30. The van der Waals surface area contributed by atoms with Crippen molar-refractivity contribution in [3.05, 3.63) is 94.5 Å². The number of halogens is 1. The van der Waals surface area contributed by atoms with E-state index in [-0.39, 0.29) is 11.8 Å². The maximum Gasteiger partial charge on any atom is 0.216 e. The van der Waals surface area contributed by atoms with E-state index in [0.29, 0.717) is 22.8 Å². The molecule has 6 nitrogen and oxygen atoms in total. The molecule has 0 unspecified atom stereocenters. The summed E-state index contributed by atoms with van der Waals surface area (Å²) in [7, 11) is 2.02. The number of rotatable bonds is 8. The van der Waals surface area contributed by atoms with Crippen LogP contribution in [-0.4, -0.2) is 46.7 Å². The zero-order valence-electron chi connectivity index (χ0n) is 19.2. The summed E-state index contributed by atoms with van der Waals surface area (Å²) in [5, 5.41) is 15.0. The number of aromatic hydroxyl groups is 1. The van der Waals surface area contributed by atoms with Gasteiger partial charge < -0.3 is 20.3 Å². The van der Waals surface area contributed by atoms with Crippen LogP contribution in [0.3, 0.4) is 0 Å². The number of aromatic nitrogens is 1. The molecule has 0 radical (unpaired) electrons. The molecule has 0 aliphatic heterocycles. The quantitative estimate of drug-likeness (QED) is 0.304. The second-order valence-electron chi connectivity index (χ2n) is 8.25. The number of carbonyl (C=O) groups is 1. The van der Waals surface area contributed by atoms with Crippen LogP contribution in [-0.2, 0) is 11.3 Å². The van der Waals surface area contributed by atoms with Crippen LogP contribution in [0.15, 0.2) is 77.8 Å². The van der Waals surface area contributed by atoms with Gasteiger partial charge in [0.25, 0.3) is 0 Å². The average Bonchev–Trinajstić information content (AvgIpc) is 3.13. The Morgan fingerprint density at radius 2 is 1.82 bits per heavy atom. The second-order valence-corrected chi connectivity index (χ2v) is 8.69. The van der Waals surface area contributed by atoms with Crippen LogP contribution in [0.2, 0.25) is 5.02 Å². The van der Waals surface area contributed by atoms with Crippen molar-refractivity contribution in [1.29, 1.82) is 0 Å². The average molecular weight is 475 g/mol. The number of aromatic amines is 1. The molecule has 1 amide bonds. The molecule has 3 aromatic carbocycles. The summed E-state index contributed by atoms with van der Waals surface area (Å²) in [5.41, 5.74) is 4.89. The molecule has 1 aromatic heterocycles. The van der Waals surface area contributed by atoms with Gasteiger partial charge in [-0.3, -0.25) is 4.79 Å². The molecule has 0 fully saturated rings. The number of carbonyl (C=O) groups excluding carboxylic acids is 1. The Morgan fingerprint density at radius 3 is 2.53 bits per heavy atom. The van der Waals surface area contributed by atoms with Crippen molar-refractivity contribution in [1.82, 2.24) is 15.2 Å². The summed E-state index contributed by atoms with van der Waals surface area (Å²) in [6, 6.07) is 23.3. The van der Waals surface area contributed by atoms with Gasteiger partial charge in [0.15, 0.2) is 5.88 Å². The fourth-order valence-corrected chi connectivity index (χ4v) is 4.05. The summed E-state index contributed by atoms with van der Waals surface area (Å²) in [6.45, 7) is 3.67. The predicted octanol–water partition coefficient (Wildman–Crippen LogP) is 5.26. The first-order chi connectivity index (χ1) is 16.4. The van der Waals surface area contributed by atoms with Gasteiger partial charge in [-0.05, 0) is 36.9 Å².